The Morgan fingerprint density at radius 1 is 1.39 bits per heavy atom. The van der Waals surface area contributed by atoms with Gasteiger partial charge in [-0.3, -0.25) is 4.57 Å². The molecule has 0 radical (unpaired) electrons. The highest BCUT2D eigenvalue weighted by atomic mass is 15.2. The number of nitrogens with zero attached hydrogens (tertiary/aromatic N) is 5. The molecule has 1 unspecified atom stereocenters. The second-order valence-corrected chi connectivity index (χ2v) is 4.29. The molecule has 6 heteroatoms. The molecule has 0 saturated heterocycles. The Bertz CT molecular complexity index is 654. The molecule has 3 heterocycles. The number of hydrogen-bond donors (Lipinski definition) is 1. The Labute approximate surface area is 104 Å². The summed E-state index contributed by atoms with van der Waals surface area (Å²) in [7, 11) is 0. The van der Waals surface area contributed by atoms with Gasteiger partial charge in [-0.15, -0.1) is 0 Å². The molecular weight excluding hydrogens is 228 g/mol. The van der Waals surface area contributed by atoms with Crippen molar-refractivity contribution in [3.8, 4) is 0 Å². The zero-order valence-electron chi connectivity index (χ0n) is 10.1. The van der Waals surface area contributed by atoms with Crippen LogP contribution in [0.15, 0.2) is 37.1 Å². The van der Waals surface area contributed by atoms with Gasteiger partial charge in [0.2, 0.25) is 5.95 Å². The van der Waals surface area contributed by atoms with E-state index in [0.29, 0.717) is 5.95 Å². The van der Waals surface area contributed by atoms with E-state index in [1.54, 1.807) is 18.7 Å². The van der Waals surface area contributed by atoms with Gasteiger partial charge in [0.25, 0.3) is 0 Å². The van der Waals surface area contributed by atoms with E-state index in [9.17, 15) is 0 Å². The fourth-order valence-electron chi connectivity index (χ4n) is 2.16. The van der Waals surface area contributed by atoms with Crippen LogP contribution in [0.1, 0.15) is 13.0 Å². The Morgan fingerprint density at radius 2 is 2.28 bits per heavy atom. The Morgan fingerprint density at radius 3 is 3.06 bits per heavy atom. The number of fused-ring (bicyclic) bond motifs is 1. The van der Waals surface area contributed by atoms with Crippen LogP contribution in [0, 0.1) is 0 Å². The molecule has 0 aliphatic heterocycles. The number of nitrogens with two attached hydrogens (primary N) is 1. The third kappa shape index (κ3) is 1.71. The van der Waals surface area contributed by atoms with Crippen molar-refractivity contribution in [2.24, 2.45) is 0 Å². The van der Waals surface area contributed by atoms with Crippen molar-refractivity contribution in [1.82, 2.24) is 24.1 Å². The second kappa shape index (κ2) is 4.14. The lowest BCUT2D eigenvalue weighted by molar-refractivity contribution is 0.477. The highest BCUT2D eigenvalue weighted by Crippen LogP contribution is 2.21. The molecule has 0 aromatic carbocycles. The molecule has 0 bridgehead atoms. The van der Waals surface area contributed by atoms with Crippen molar-refractivity contribution in [2.45, 2.75) is 19.5 Å². The molecule has 3 aromatic heterocycles. The molecule has 0 amide bonds. The molecule has 0 aliphatic carbocycles. The Kier molecular flexibility index (Phi) is 2.47. The van der Waals surface area contributed by atoms with E-state index in [-0.39, 0.29) is 6.04 Å². The number of imidazole rings is 2. The van der Waals surface area contributed by atoms with Crippen LogP contribution in [0.4, 0.5) is 5.95 Å². The van der Waals surface area contributed by atoms with E-state index in [2.05, 4.69) is 21.9 Å². The molecule has 18 heavy (non-hydrogen) atoms. The smallest absolute Gasteiger partial charge is 0.202 e. The van der Waals surface area contributed by atoms with E-state index >= 15 is 0 Å². The molecule has 3 aromatic rings. The number of hydrogen-bond acceptors (Lipinski definition) is 4. The topological polar surface area (TPSA) is 74.5 Å². The van der Waals surface area contributed by atoms with Crippen LogP contribution in [0.5, 0.6) is 0 Å². The summed E-state index contributed by atoms with van der Waals surface area (Å²) in [5.41, 5.74) is 7.62. The summed E-state index contributed by atoms with van der Waals surface area (Å²) in [4.78, 5) is 12.7. The average molecular weight is 242 g/mol. The first-order valence-electron chi connectivity index (χ1n) is 5.80. The van der Waals surface area contributed by atoms with Crippen LogP contribution in [-0.4, -0.2) is 24.1 Å². The third-order valence-corrected chi connectivity index (χ3v) is 2.95. The van der Waals surface area contributed by atoms with Gasteiger partial charge in [-0.2, -0.15) is 0 Å². The molecule has 0 fully saturated rings. The second-order valence-electron chi connectivity index (χ2n) is 4.29. The zero-order chi connectivity index (χ0) is 12.5. The van der Waals surface area contributed by atoms with E-state index in [0.717, 1.165) is 17.7 Å². The summed E-state index contributed by atoms with van der Waals surface area (Å²) in [6, 6.07) is 3.94. The summed E-state index contributed by atoms with van der Waals surface area (Å²) in [6.07, 6.45) is 7.24. The summed E-state index contributed by atoms with van der Waals surface area (Å²) < 4.78 is 3.97. The summed E-state index contributed by atoms with van der Waals surface area (Å²) in [5.74, 6) is 0.497. The van der Waals surface area contributed by atoms with Gasteiger partial charge in [-0.25, -0.2) is 15.0 Å². The Balaban J connectivity index is 2.00. The molecule has 0 saturated carbocycles. The van der Waals surface area contributed by atoms with Crippen molar-refractivity contribution >= 4 is 17.1 Å². The number of anilines is 1. The highest BCUT2D eigenvalue weighted by molar-refractivity contribution is 5.73. The van der Waals surface area contributed by atoms with Crippen molar-refractivity contribution < 1.29 is 0 Å². The lowest BCUT2D eigenvalue weighted by Crippen LogP contribution is -2.14. The highest BCUT2D eigenvalue weighted by Gasteiger charge is 2.14. The minimum Gasteiger partial charge on any atom is -0.369 e. The first kappa shape index (κ1) is 10.8. The molecule has 3 rings (SSSR count). The van der Waals surface area contributed by atoms with Crippen molar-refractivity contribution in [3.63, 3.8) is 0 Å². The number of rotatable bonds is 3. The van der Waals surface area contributed by atoms with Crippen LogP contribution < -0.4 is 5.73 Å². The van der Waals surface area contributed by atoms with E-state index < -0.39 is 0 Å². The van der Waals surface area contributed by atoms with Crippen LogP contribution in [0.25, 0.3) is 11.2 Å². The molecule has 6 nitrogen and oxygen atoms in total. The normalized spacial score (nSPS) is 12.9. The fourth-order valence-corrected chi connectivity index (χ4v) is 2.16. The summed E-state index contributed by atoms with van der Waals surface area (Å²) in [5, 5.41) is 0. The monoisotopic (exact) mass is 242 g/mol. The molecule has 92 valence electrons. The van der Waals surface area contributed by atoms with Crippen molar-refractivity contribution in [1.29, 1.82) is 0 Å². The zero-order valence-corrected chi connectivity index (χ0v) is 10.1. The number of nitrogen functional groups attached to an aromatic ring is 1. The predicted octanol–water partition coefficient (Wildman–Crippen LogP) is 1.47. The number of aromatic nitrogens is 5. The molecule has 0 spiro atoms. The molecule has 1 atom stereocenters. The largest absolute Gasteiger partial charge is 0.369 e. The first-order chi connectivity index (χ1) is 8.75. The van der Waals surface area contributed by atoms with Crippen LogP contribution in [0.3, 0.4) is 0 Å². The minimum absolute atomic E-state index is 0.166. The standard InChI is InChI=1S/C12H14N6/c1-9(7-17-6-5-14-8-17)18-11-10(16-12(18)13)3-2-4-15-11/h2-6,8-9H,7H2,1H3,(H2,13,16). The van der Waals surface area contributed by atoms with Gasteiger partial charge in [0.1, 0.15) is 5.52 Å². The van der Waals surface area contributed by atoms with Crippen molar-refractivity contribution in [3.05, 3.63) is 37.1 Å². The van der Waals surface area contributed by atoms with Gasteiger partial charge in [-0.1, -0.05) is 0 Å². The lowest BCUT2D eigenvalue weighted by Gasteiger charge is -2.15. The predicted molar refractivity (Wildman–Crippen MR) is 68.9 cm³/mol. The maximum atomic E-state index is 5.97. The van der Waals surface area contributed by atoms with Gasteiger partial charge >= 0.3 is 0 Å². The van der Waals surface area contributed by atoms with Crippen LogP contribution in [0.2, 0.25) is 0 Å². The van der Waals surface area contributed by atoms with E-state index in [4.69, 9.17) is 5.73 Å². The average Bonchev–Trinajstić information content (AvgIpc) is 2.94. The van der Waals surface area contributed by atoms with Crippen LogP contribution >= 0.6 is 0 Å². The minimum atomic E-state index is 0.166. The summed E-state index contributed by atoms with van der Waals surface area (Å²) in [6.45, 7) is 2.87. The lowest BCUT2D eigenvalue weighted by atomic mass is 10.3. The maximum absolute atomic E-state index is 5.97. The van der Waals surface area contributed by atoms with Crippen molar-refractivity contribution in [2.75, 3.05) is 5.73 Å². The van der Waals surface area contributed by atoms with E-state index in [1.165, 1.54) is 0 Å². The van der Waals surface area contributed by atoms with Crippen LogP contribution in [-0.2, 0) is 6.54 Å². The third-order valence-electron chi connectivity index (χ3n) is 2.95. The molecular formula is C12H14N6. The van der Waals surface area contributed by atoms with Gasteiger partial charge < -0.3 is 10.3 Å². The maximum Gasteiger partial charge on any atom is 0.202 e. The molecule has 2 N–H and O–H groups in total. The first-order valence-corrected chi connectivity index (χ1v) is 5.80. The van der Waals surface area contributed by atoms with Gasteiger partial charge in [0.15, 0.2) is 5.65 Å². The SMILES string of the molecule is CC(Cn1ccnc1)n1c(N)nc2cccnc21. The Hall–Kier alpha value is -2.37. The fraction of sp³-hybridized carbons (Fsp3) is 0.250. The van der Waals surface area contributed by atoms with E-state index in [1.807, 2.05) is 27.5 Å². The van der Waals surface area contributed by atoms with Gasteiger partial charge in [0, 0.05) is 25.1 Å². The number of pyridine rings is 1. The summed E-state index contributed by atoms with van der Waals surface area (Å²) >= 11 is 0. The quantitative estimate of drug-likeness (QED) is 0.754. The molecule has 0 aliphatic rings. The van der Waals surface area contributed by atoms with Gasteiger partial charge in [0.05, 0.1) is 12.4 Å². The van der Waals surface area contributed by atoms with Gasteiger partial charge in [-0.05, 0) is 19.1 Å².